The maximum Gasteiger partial charge on any atom is 0.316 e. The molecule has 3 N–H and O–H groups in total. The minimum Gasteiger partial charge on any atom is -0.403 e. The van der Waals surface area contributed by atoms with Gasteiger partial charge in [-0.15, -0.1) is 5.10 Å². The molecule has 0 amide bonds. The van der Waals surface area contributed by atoms with Crippen molar-refractivity contribution >= 4 is 6.01 Å². The van der Waals surface area contributed by atoms with Crippen LogP contribution in [0.15, 0.2) is 71.4 Å². The number of aliphatic hydroxyl groups is 1. The zero-order chi connectivity index (χ0) is 29.7. The number of hydrogen-bond donors (Lipinski definition) is 3. The van der Waals surface area contributed by atoms with Crippen LogP contribution >= 0.6 is 0 Å². The van der Waals surface area contributed by atoms with Crippen molar-refractivity contribution in [3.05, 3.63) is 95.3 Å². The number of hydrogen-bond acceptors (Lipinski definition) is 7. The van der Waals surface area contributed by atoms with Gasteiger partial charge >= 0.3 is 6.01 Å². The first kappa shape index (κ1) is 29.8. The van der Waals surface area contributed by atoms with Crippen LogP contribution in [0.2, 0.25) is 0 Å². The lowest BCUT2D eigenvalue weighted by Gasteiger charge is -2.41. The normalized spacial score (nSPS) is 16.6. The van der Waals surface area contributed by atoms with Gasteiger partial charge in [-0.25, -0.2) is 8.78 Å². The molecule has 1 aliphatic rings. The van der Waals surface area contributed by atoms with Gasteiger partial charge in [0.05, 0.1) is 12.1 Å². The minimum absolute atomic E-state index is 0.0137. The lowest BCUT2D eigenvalue weighted by atomic mass is 9.74. The van der Waals surface area contributed by atoms with Gasteiger partial charge in [0.1, 0.15) is 11.6 Å². The van der Waals surface area contributed by atoms with Gasteiger partial charge in [-0.2, -0.15) is 0 Å². The van der Waals surface area contributed by atoms with Crippen LogP contribution in [0.5, 0.6) is 0 Å². The zero-order valence-corrected chi connectivity index (χ0v) is 24.4. The predicted molar refractivity (Wildman–Crippen MR) is 159 cm³/mol. The Morgan fingerprint density at radius 2 is 1.67 bits per heavy atom. The van der Waals surface area contributed by atoms with Crippen LogP contribution in [0.4, 0.5) is 14.8 Å². The fourth-order valence-electron chi connectivity index (χ4n) is 5.77. The van der Waals surface area contributed by atoms with Gasteiger partial charge in [0.2, 0.25) is 5.89 Å². The molecule has 0 bridgehead atoms. The third-order valence-corrected chi connectivity index (χ3v) is 8.14. The molecule has 7 nitrogen and oxygen atoms in total. The van der Waals surface area contributed by atoms with Crippen LogP contribution in [0.25, 0.3) is 11.5 Å². The predicted octanol–water partition coefficient (Wildman–Crippen LogP) is 6.54. The maximum atomic E-state index is 14.1. The standard InChI is InChI=1S/C33H39F2N5O2/c1-32(2,3)24-8-7-9-25(19-24)33(12-5-4-6-13-33)37-21-29(41)28(18-22-16-26(34)20-27(35)17-22)38-31-40-39-30(42-31)23-10-14-36-15-11-23/h7-11,14-17,19-20,28-29,37,41H,4-6,12-13,18,21H2,1-3H3,(H,38,40). The number of nitrogens with one attached hydrogen (secondary N) is 2. The Balaban J connectivity index is 1.39. The maximum absolute atomic E-state index is 14.1. The van der Waals surface area contributed by atoms with Crippen molar-refractivity contribution < 1.29 is 18.3 Å². The number of aliphatic hydroxyl groups excluding tert-OH is 1. The number of anilines is 1. The Kier molecular flexibility index (Phi) is 8.99. The van der Waals surface area contributed by atoms with E-state index >= 15 is 0 Å². The van der Waals surface area contributed by atoms with Crippen LogP contribution in [0, 0.1) is 11.6 Å². The quantitative estimate of drug-likeness (QED) is 0.198. The fraction of sp³-hybridized carbons (Fsp3) is 0.424. The van der Waals surface area contributed by atoms with Crippen molar-refractivity contribution in [2.24, 2.45) is 0 Å². The van der Waals surface area contributed by atoms with Gasteiger partial charge in [-0.05, 0) is 65.6 Å². The number of nitrogens with zero attached hydrogens (tertiary/aromatic N) is 3. The van der Waals surface area contributed by atoms with E-state index in [2.05, 4.69) is 70.9 Å². The first-order chi connectivity index (χ1) is 20.1. The fourth-order valence-corrected chi connectivity index (χ4v) is 5.77. The first-order valence-electron chi connectivity index (χ1n) is 14.6. The largest absolute Gasteiger partial charge is 0.403 e. The van der Waals surface area contributed by atoms with E-state index in [-0.39, 0.29) is 29.9 Å². The van der Waals surface area contributed by atoms with Crippen molar-refractivity contribution in [1.82, 2.24) is 20.5 Å². The summed E-state index contributed by atoms with van der Waals surface area (Å²) in [5.74, 6) is -1.05. The summed E-state index contributed by atoms with van der Waals surface area (Å²) in [6.07, 6.45) is 7.72. The Morgan fingerprint density at radius 1 is 0.952 bits per heavy atom. The molecule has 42 heavy (non-hydrogen) atoms. The van der Waals surface area contributed by atoms with Gasteiger partial charge in [-0.1, -0.05) is 69.4 Å². The van der Waals surface area contributed by atoms with Gasteiger partial charge in [0.25, 0.3) is 0 Å². The zero-order valence-electron chi connectivity index (χ0n) is 24.4. The number of rotatable bonds is 10. The number of benzene rings is 2. The third kappa shape index (κ3) is 7.20. The second-order valence-electron chi connectivity index (χ2n) is 12.3. The summed E-state index contributed by atoms with van der Waals surface area (Å²) in [6, 6.07) is 15.0. The Morgan fingerprint density at radius 3 is 2.36 bits per heavy atom. The van der Waals surface area contributed by atoms with E-state index < -0.39 is 23.8 Å². The van der Waals surface area contributed by atoms with Gasteiger partial charge in [0.15, 0.2) is 0 Å². The second-order valence-corrected chi connectivity index (χ2v) is 12.3. The Bertz CT molecular complexity index is 1440. The van der Waals surface area contributed by atoms with Crippen LogP contribution < -0.4 is 10.6 Å². The van der Waals surface area contributed by atoms with Crippen LogP contribution in [-0.2, 0) is 17.4 Å². The summed E-state index contributed by atoms with van der Waals surface area (Å²) in [6.45, 7) is 6.88. The molecule has 2 unspecified atom stereocenters. The van der Waals surface area contributed by atoms with E-state index in [4.69, 9.17) is 4.42 Å². The molecule has 1 aliphatic carbocycles. The van der Waals surface area contributed by atoms with E-state index in [9.17, 15) is 13.9 Å². The van der Waals surface area contributed by atoms with Crippen molar-refractivity contribution in [1.29, 1.82) is 0 Å². The summed E-state index contributed by atoms with van der Waals surface area (Å²) >= 11 is 0. The SMILES string of the molecule is CC(C)(C)c1cccc(C2(NCC(O)C(Cc3cc(F)cc(F)c3)Nc3nnc(-c4ccncc4)o3)CCCCC2)c1. The Hall–Kier alpha value is -3.69. The molecule has 2 aromatic carbocycles. The lowest BCUT2D eigenvalue weighted by molar-refractivity contribution is 0.121. The number of halogens is 2. The van der Waals surface area contributed by atoms with Crippen LogP contribution in [0.1, 0.15) is 69.6 Å². The van der Waals surface area contributed by atoms with E-state index in [1.807, 2.05) is 0 Å². The third-order valence-electron chi connectivity index (χ3n) is 8.14. The van der Waals surface area contributed by atoms with E-state index in [0.29, 0.717) is 17.0 Å². The average Bonchev–Trinajstić information content (AvgIpc) is 3.44. The van der Waals surface area contributed by atoms with Crippen molar-refractivity contribution in [3.8, 4) is 11.5 Å². The molecule has 0 saturated heterocycles. The molecular formula is C33H39F2N5O2. The van der Waals surface area contributed by atoms with Crippen LogP contribution in [-0.4, -0.2) is 39.0 Å². The van der Waals surface area contributed by atoms with Gasteiger partial charge in [-0.3, -0.25) is 4.98 Å². The summed E-state index contributed by atoms with van der Waals surface area (Å²) < 4.78 is 33.9. The monoisotopic (exact) mass is 575 g/mol. The van der Waals surface area contributed by atoms with Crippen molar-refractivity contribution in [2.45, 2.75) is 82.4 Å². The molecule has 0 spiro atoms. The molecule has 0 radical (unpaired) electrons. The summed E-state index contributed by atoms with van der Waals surface area (Å²) in [5, 5.41) is 26.6. The highest BCUT2D eigenvalue weighted by Gasteiger charge is 2.35. The molecule has 5 rings (SSSR count). The Labute approximate surface area is 245 Å². The van der Waals surface area contributed by atoms with Crippen LogP contribution in [0.3, 0.4) is 0 Å². The molecule has 1 saturated carbocycles. The molecule has 0 aliphatic heterocycles. The summed E-state index contributed by atoms with van der Waals surface area (Å²) in [7, 11) is 0. The second kappa shape index (κ2) is 12.7. The van der Waals surface area contributed by atoms with Crippen molar-refractivity contribution in [2.75, 3.05) is 11.9 Å². The van der Waals surface area contributed by atoms with E-state index in [1.165, 1.54) is 29.7 Å². The van der Waals surface area contributed by atoms with E-state index in [0.717, 1.165) is 31.7 Å². The minimum atomic E-state index is -0.947. The molecular weight excluding hydrogens is 536 g/mol. The summed E-state index contributed by atoms with van der Waals surface area (Å²) in [4.78, 5) is 4.01. The highest BCUT2D eigenvalue weighted by atomic mass is 19.1. The highest BCUT2D eigenvalue weighted by Crippen LogP contribution is 2.39. The summed E-state index contributed by atoms with van der Waals surface area (Å²) in [5.41, 5.74) is 3.32. The molecule has 2 heterocycles. The number of aromatic nitrogens is 3. The highest BCUT2D eigenvalue weighted by molar-refractivity contribution is 5.52. The molecule has 2 atom stereocenters. The molecule has 2 aromatic heterocycles. The smallest absolute Gasteiger partial charge is 0.316 e. The van der Waals surface area contributed by atoms with Gasteiger partial charge in [0, 0.05) is 36.1 Å². The molecule has 222 valence electrons. The first-order valence-corrected chi connectivity index (χ1v) is 14.6. The molecule has 1 fully saturated rings. The topological polar surface area (TPSA) is 96.1 Å². The van der Waals surface area contributed by atoms with Gasteiger partial charge < -0.3 is 20.2 Å². The molecule has 9 heteroatoms. The van der Waals surface area contributed by atoms with E-state index in [1.54, 1.807) is 24.5 Å². The number of pyridine rings is 1. The van der Waals surface area contributed by atoms with Crippen molar-refractivity contribution in [3.63, 3.8) is 0 Å². The lowest BCUT2D eigenvalue weighted by Crippen LogP contribution is -2.51. The average molecular weight is 576 g/mol. The molecule has 4 aromatic rings.